The smallest absolute Gasteiger partial charge is 0.407 e. The van der Waals surface area contributed by atoms with Crippen molar-refractivity contribution >= 4 is 38.4 Å². The molecule has 5 N–H and O–H groups in total. The summed E-state index contributed by atoms with van der Waals surface area (Å²) in [6, 6.07) is 6.13. The van der Waals surface area contributed by atoms with Gasteiger partial charge in [-0.25, -0.2) is 14.4 Å². The Hall–Kier alpha value is -3.73. The second-order valence-electron chi connectivity index (χ2n) is 10.6. The lowest BCUT2D eigenvalue weighted by atomic mass is 9.98. The number of ether oxygens (including phenoxy) is 2. The molecule has 1 atom stereocenters. The van der Waals surface area contributed by atoms with Crippen LogP contribution in [0.2, 0.25) is 0 Å². The first-order valence-electron chi connectivity index (χ1n) is 12.7. The van der Waals surface area contributed by atoms with Crippen LogP contribution >= 0.6 is 0 Å². The zero-order chi connectivity index (χ0) is 31.5. The summed E-state index contributed by atoms with van der Waals surface area (Å²) in [5.41, 5.74) is 0.900. The number of rotatable bonds is 11. The third-order valence-corrected chi connectivity index (χ3v) is 7.94. The summed E-state index contributed by atoms with van der Waals surface area (Å²) in [5.74, 6) is -2.23. The Morgan fingerprint density at radius 2 is 1.40 bits per heavy atom. The summed E-state index contributed by atoms with van der Waals surface area (Å²) < 4.78 is 76.3. The molecule has 0 heterocycles. The summed E-state index contributed by atoms with van der Waals surface area (Å²) in [6.07, 6.45) is -0.956. The van der Waals surface area contributed by atoms with Gasteiger partial charge in [-0.15, -0.1) is 0 Å². The second-order valence-corrected chi connectivity index (χ2v) is 13.4. The fraction of sp³-hybridized carbons (Fsp3) is 0.423. The molecule has 230 valence electrons. The van der Waals surface area contributed by atoms with E-state index in [4.69, 9.17) is 9.47 Å². The van der Waals surface area contributed by atoms with Crippen molar-refractivity contribution in [3.05, 3.63) is 47.5 Å². The first-order chi connectivity index (χ1) is 19.4. The minimum Gasteiger partial charge on any atom is -0.480 e. The van der Waals surface area contributed by atoms with Crippen molar-refractivity contribution in [1.29, 1.82) is 0 Å². The van der Waals surface area contributed by atoms with Gasteiger partial charge in [-0.3, -0.25) is 9.11 Å². The van der Waals surface area contributed by atoms with Crippen molar-refractivity contribution in [3.63, 3.8) is 0 Å². The average Bonchev–Trinajstić information content (AvgIpc) is 3.16. The molecular weight excluding hydrogens is 596 g/mol. The van der Waals surface area contributed by atoms with E-state index in [1.165, 1.54) is 12.1 Å². The van der Waals surface area contributed by atoms with Crippen molar-refractivity contribution in [3.8, 4) is 11.1 Å². The van der Waals surface area contributed by atoms with Crippen molar-refractivity contribution in [2.45, 2.75) is 67.4 Å². The van der Waals surface area contributed by atoms with Crippen LogP contribution < -0.4 is 10.6 Å². The quantitative estimate of drug-likeness (QED) is 0.179. The summed E-state index contributed by atoms with van der Waals surface area (Å²) in [5, 5.41) is 14.3. The molecule has 1 aliphatic rings. The number of alkyl carbamates (subject to hydrolysis) is 2. The number of benzene rings is 2. The molecule has 3 rings (SSSR count). The monoisotopic (exact) mass is 628 g/mol. The molecule has 0 saturated heterocycles. The molecule has 0 unspecified atom stereocenters. The molecule has 2 amide bonds. The van der Waals surface area contributed by atoms with E-state index in [0.717, 1.165) is 24.3 Å². The minimum absolute atomic E-state index is 0.0188. The lowest BCUT2D eigenvalue weighted by molar-refractivity contribution is -0.139. The van der Waals surface area contributed by atoms with Gasteiger partial charge < -0.3 is 25.2 Å². The Morgan fingerprint density at radius 1 is 0.881 bits per heavy atom. The second kappa shape index (κ2) is 12.6. The summed E-state index contributed by atoms with van der Waals surface area (Å²) >= 11 is 0. The fourth-order valence-corrected chi connectivity index (χ4v) is 5.43. The SMILES string of the molecule is CC(C)(C)OC(=O)NCCCC[C@H](NC(=O)OCC1c2cc(S(=O)(=O)O)ccc2-c2ccc(S(=O)(=O)O)cc21)C(=O)O. The van der Waals surface area contributed by atoms with E-state index < -0.39 is 72.4 Å². The molecule has 0 bridgehead atoms. The first kappa shape index (κ1) is 32.8. The van der Waals surface area contributed by atoms with Gasteiger partial charge in [-0.2, -0.15) is 16.8 Å². The van der Waals surface area contributed by atoms with E-state index in [1.807, 2.05) is 0 Å². The molecule has 0 fully saturated rings. The molecule has 0 radical (unpaired) electrons. The molecule has 0 spiro atoms. The Labute approximate surface area is 242 Å². The van der Waals surface area contributed by atoms with E-state index in [-0.39, 0.29) is 13.0 Å². The Kier molecular flexibility index (Phi) is 9.87. The molecule has 16 heteroatoms. The number of unbranched alkanes of at least 4 members (excludes halogenated alkanes) is 1. The number of carboxylic acid groups (broad SMARTS) is 1. The minimum atomic E-state index is -4.60. The number of carboxylic acids is 1. The van der Waals surface area contributed by atoms with Gasteiger partial charge in [0.05, 0.1) is 9.79 Å². The summed E-state index contributed by atoms with van der Waals surface area (Å²) in [7, 11) is -9.20. The Balaban J connectivity index is 1.68. The Morgan fingerprint density at radius 3 is 1.86 bits per heavy atom. The Bertz CT molecular complexity index is 1500. The molecule has 42 heavy (non-hydrogen) atoms. The van der Waals surface area contributed by atoms with Gasteiger partial charge in [0.25, 0.3) is 20.2 Å². The number of carbonyl (C=O) groups is 3. The number of carbonyl (C=O) groups excluding carboxylic acids is 2. The maximum atomic E-state index is 12.6. The molecule has 0 saturated carbocycles. The van der Waals surface area contributed by atoms with Crippen LogP contribution in [0, 0.1) is 0 Å². The van der Waals surface area contributed by atoms with Gasteiger partial charge in [0.1, 0.15) is 18.2 Å². The molecule has 0 aromatic heterocycles. The largest absolute Gasteiger partial charge is 0.480 e. The third kappa shape index (κ3) is 8.64. The topological polar surface area (TPSA) is 223 Å². The van der Waals surface area contributed by atoms with Crippen LogP contribution in [-0.4, -0.2) is 74.0 Å². The maximum absolute atomic E-state index is 12.6. The predicted molar refractivity (Wildman–Crippen MR) is 147 cm³/mol. The normalized spacial score (nSPS) is 13.9. The van der Waals surface area contributed by atoms with E-state index in [0.29, 0.717) is 35.1 Å². The molecule has 1 aliphatic carbocycles. The lowest BCUT2D eigenvalue weighted by Crippen LogP contribution is -2.41. The highest BCUT2D eigenvalue weighted by Gasteiger charge is 2.33. The molecule has 2 aromatic carbocycles. The highest BCUT2D eigenvalue weighted by molar-refractivity contribution is 7.86. The molecular formula is C26H32N2O12S2. The summed E-state index contributed by atoms with van der Waals surface area (Å²) in [4.78, 5) is 35.1. The summed E-state index contributed by atoms with van der Waals surface area (Å²) in [6.45, 7) is 4.91. The van der Waals surface area contributed by atoms with Gasteiger partial charge in [0, 0.05) is 12.5 Å². The van der Waals surface area contributed by atoms with E-state index in [1.54, 1.807) is 20.8 Å². The molecule has 2 aromatic rings. The van der Waals surface area contributed by atoms with Gasteiger partial charge in [0.2, 0.25) is 0 Å². The third-order valence-electron chi connectivity index (χ3n) is 6.24. The van der Waals surface area contributed by atoms with Crippen molar-refractivity contribution < 1.29 is 54.9 Å². The van der Waals surface area contributed by atoms with Crippen LogP contribution in [0.5, 0.6) is 0 Å². The first-order valence-corrected chi connectivity index (χ1v) is 15.6. The number of amides is 2. The number of hydrogen-bond donors (Lipinski definition) is 5. The van der Waals surface area contributed by atoms with E-state index >= 15 is 0 Å². The predicted octanol–water partition coefficient (Wildman–Crippen LogP) is 3.17. The average molecular weight is 629 g/mol. The van der Waals surface area contributed by atoms with Gasteiger partial charge in [-0.1, -0.05) is 12.1 Å². The molecule has 14 nitrogen and oxygen atoms in total. The van der Waals surface area contributed by atoms with Crippen molar-refractivity contribution in [2.75, 3.05) is 13.2 Å². The number of aliphatic carboxylic acids is 1. The number of fused-ring (bicyclic) bond motifs is 3. The number of nitrogens with one attached hydrogen (secondary N) is 2. The van der Waals surface area contributed by atoms with Gasteiger partial charge >= 0.3 is 18.2 Å². The van der Waals surface area contributed by atoms with E-state index in [2.05, 4.69) is 10.6 Å². The molecule has 0 aliphatic heterocycles. The van der Waals surface area contributed by atoms with Crippen LogP contribution in [0.25, 0.3) is 11.1 Å². The highest BCUT2D eigenvalue weighted by Crippen LogP contribution is 2.46. The maximum Gasteiger partial charge on any atom is 0.407 e. The standard InChI is InChI=1S/C26H32N2O12S2/c1-26(2,3)40-24(31)27-11-5-4-6-22(23(29)30)28-25(32)39-14-21-19-12-15(41(33,34)35)7-9-17(19)18-10-8-16(13-20(18)21)42(36,37)38/h7-10,12-13,21-22H,4-6,11,14H2,1-3H3,(H,27,31)(H,28,32)(H,29,30)(H,33,34,35)(H,36,37,38)/t22-/m0/s1. The van der Waals surface area contributed by atoms with Crippen molar-refractivity contribution in [2.24, 2.45) is 0 Å². The fourth-order valence-electron chi connectivity index (χ4n) is 4.40. The number of hydrogen-bond acceptors (Lipinski definition) is 9. The van der Waals surface area contributed by atoms with Crippen LogP contribution in [0.4, 0.5) is 9.59 Å². The van der Waals surface area contributed by atoms with Gasteiger partial charge in [-0.05, 0) is 86.6 Å². The zero-order valence-electron chi connectivity index (χ0n) is 23.0. The van der Waals surface area contributed by atoms with Crippen LogP contribution in [0.3, 0.4) is 0 Å². The lowest BCUT2D eigenvalue weighted by Gasteiger charge is -2.20. The van der Waals surface area contributed by atoms with Crippen LogP contribution in [0.1, 0.15) is 57.1 Å². The van der Waals surface area contributed by atoms with Crippen LogP contribution in [0.15, 0.2) is 46.2 Å². The van der Waals surface area contributed by atoms with E-state index in [9.17, 15) is 45.4 Å². The zero-order valence-corrected chi connectivity index (χ0v) is 24.6. The van der Waals surface area contributed by atoms with Crippen LogP contribution in [-0.2, 0) is 34.5 Å². The van der Waals surface area contributed by atoms with Crippen molar-refractivity contribution in [1.82, 2.24) is 10.6 Å². The highest BCUT2D eigenvalue weighted by atomic mass is 32.2. The van der Waals surface area contributed by atoms with Gasteiger partial charge in [0.15, 0.2) is 0 Å².